The van der Waals surface area contributed by atoms with Gasteiger partial charge in [-0.1, -0.05) is 24.1 Å². The molecule has 1 aromatic carbocycles. The molecule has 2 aromatic heterocycles. The fourth-order valence-electron chi connectivity index (χ4n) is 2.58. The van der Waals surface area contributed by atoms with Crippen molar-refractivity contribution >= 4 is 29.1 Å². The van der Waals surface area contributed by atoms with Crippen molar-refractivity contribution in [1.29, 1.82) is 0 Å². The van der Waals surface area contributed by atoms with Gasteiger partial charge in [-0.25, -0.2) is 9.50 Å². The lowest BCUT2D eigenvalue weighted by atomic mass is 10.1. The molecule has 0 aliphatic heterocycles. The molecule has 118 valence electrons. The van der Waals surface area contributed by atoms with E-state index < -0.39 is 0 Å². The topological polar surface area (TPSA) is 54.2 Å². The lowest BCUT2D eigenvalue weighted by Gasteiger charge is -2.06. The van der Waals surface area contributed by atoms with E-state index in [0.29, 0.717) is 0 Å². The van der Waals surface area contributed by atoms with E-state index in [1.165, 1.54) is 12.8 Å². The molecular formula is C17H19N5S. The van der Waals surface area contributed by atoms with Crippen LogP contribution >= 0.6 is 11.9 Å². The molecule has 0 spiro atoms. The van der Waals surface area contributed by atoms with Gasteiger partial charge in [0.1, 0.15) is 5.82 Å². The van der Waals surface area contributed by atoms with Gasteiger partial charge >= 0.3 is 0 Å². The summed E-state index contributed by atoms with van der Waals surface area (Å²) >= 11 is 1.59. The quantitative estimate of drug-likeness (QED) is 0.673. The molecule has 1 aliphatic rings. The van der Waals surface area contributed by atoms with Gasteiger partial charge < -0.3 is 10.0 Å². The molecule has 1 saturated carbocycles. The first-order valence-electron chi connectivity index (χ1n) is 7.81. The second-order valence-electron chi connectivity index (χ2n) is 5.85. The van der Waals surface area contributed by atoms with Crippen LogP contribution in [0, 0.1) is 5.92 Å². The van der Waals surface area contributed by atoms with E-state index in [0.717, 1.165) is 40.7 Å². The van der Waals surface area contributed by atoms with Crippen LogP contribution in [0.15, 0.2) is 42.7 Å². The van der Waals surface area contributed by atoms with Crippen LogP contribution < -0.4 is 10.0 Å². The molecule has 0 atom stereocenters. The number of hydrogen-bond donors (Lipinski definition) is 2. The van der Waals surface area contributed by atoms with Gasteiger partial charge in [0.2, 0.25) is 0 Å². The number of aromatic nitrogens is 3. The highest BCUT2D eigenvalue weighted by Crippen LogP contribution is 2.29. The third-order valence-corrected chi connectivity index (χ3v) is 4.49. The van der Waals surface area contributed by atoms with E-state index >= 15 is 0 Å². The van der Waals surface area contributed by atoms with Gasteiger partial charge in [0, 0.05) is 30.2 Å². The van der Waals surface area contributed by atoms with Crippen molar-refractivity contribution in [3.63, 3.8) is 0 Å². The molecule has 2 heterocycles. The second-order valence-corrected chi connectivity index (χ2v) is 6.46. The molecule has 1 aliphatic carbocycles. The summed E-state index contributed by atoms with van der Waals surface area (Å²) in [6.45, 7) is 1.02. The Balaban J connectivity index is 1.63. The third kappa shape index (κ3) is 3.12. The summed E-state index contributed by atoms with van der Waals surface area (Å²) in [7, 11) is 0. The maximum Gasteiger partial charge on any atom is 0.165 e. The predicted molar refractivity (Wildman–Crippen MR) is 96.8 cm³/mol. The van der Waals surface area contributed by atoms with Gasteiger partial charge in [-0.3, -0.25) is 0 Å². The molecule has 0 bridgehead atoms. The molecule has 0 saturated heterocycles. The minimum Gasteiger partial charge on any atom is -0.370 e. The molecule has 0 amide bonds. The summed E-state index contributed by atoms with van der Waals surface area (Å²) in [5, 5.41) is 7.84. The van der Waals surface area contributed by atoms with Crippen LogP contribution in [0.4, 0.5) is 11.5 Å². The maximum absolute atomic E-state index is 4.74. The first-order chi connectivity index (χ1) is 11.3. The maximum atomic E-state index is 4.74. The Morgan fingerprint density at radius 3 is 2.78 bits per heavy atom. The number of anilines is 2. The first kappa shape index (κ1) is 14.4. The Labute approximate surface area is 139 Å². The molecule has 3 aromatic rings. The molecule has 0 radical (unpaired) electrons. The van der Waals surface area contributed by atoms with Crippen molar-refractivity contribution < 1.29 is 0 Å². The minimum atomic E-state index is 0.828. The highest BCUT2D eigenvalue weighted by molar-refractivity contribution is 7.99. The molecule has 4 rings (SSSR count). The van der Waals surface area contributed by atoms with Gasteiger partial charge in [-0.2, -0.15) is 5.10 Å². The summed E-state index contributed by atoms with van der Waals surface area (Å²) < 4.78 is 5.05. The van der Waals surface area contributed by atoms with E-state index in [2.05, 4.69) is 39.4 Å². The summed E-state index contributed by atoms with van der Waals surface area (Å²) in [4.78, 5) is 4.74. The van der Waals surface area contributed by atoms with Crippen molar-refractivity contribution in [1.82, 2.24) is 14.6 Å². The Hall–Kier alpha value is -2.21. The zero-order valence-corrected chi connectivity index (χ0v) is 13.8. The zero-order chi connectivity index (χ0) is 15.6. The third-order valence-electron chi connectivity index (χ3n) is 4.05. The first-order valence-corrected chi connectivity index (χ1v) is 9.03. The molecule has 5 nitrogen and oxygen atoms in total. The minimum absolute atomic E-state index is 0.828. The molecule has 2 N–H and O–H groups in total. The molecular weight excluding hydrogens is 306 g/mol. The number of fused-ring (bicyclic) bond motifs is 1. The monoisotopic (exact) mass is 325 g/mol. The Kier molecular flexibility index (Phi) is 3.83. The SMILES string of the molecule is CSNc1ccc(-c2cnn3ccc(NCC4CC4)nc23)cc1. The largest absolute Gasteiger partial charge is 0.370 e. The van der Waals surface area contributed by atoms with Gasteiger partial charge in [0.15, 0.2) is 5.65 Å². The van der Waals surface area contributed by atoms with Crippen molar-refractivity contribution in [3.05, 3.63) is 42.7 Å². The van der Waals surface area contributed by atoms with Crippen LogP contribution in [0.25, 0.3) is 16.8 Å². The number of nitrogens with zero attached hydrogens (tertiary/aromatic N) is 3. The van der Waals surface area contributed by atoms with Crippen LogP contribution in [-0.4, -0.2) is 27.4 Å². The van der Waals surface area contributed by atoms with Crippen molar-refractivity contribution in [2.45, 2.75) is 12.8 Å². The average Bonchev–Trinajstić information content (AvgIpc) is 3.32. The van der Waals surface area contributed by atoms with E-state index in [1.54, 1.807) is 11.9 Å². The molecule has 1 fully saturated rings. The van der Waals surface area contributed by atoms with Crippen LogP contribution in [-0.2, 0) is 0 Å². The number of nitrogens with one attached hydrogen (secondary N) is 2. The molecule has 23 heavy (non-hydrogen) atoms. The van der Waals surface area contributed by atoms with Crippen LogP contribution in [0.3, 0.4) is 0 Å². The highest BCUT2D eigenvalue weighted by atomic mass is 32.2. The standard InChI is InChI=1S/C17H19N5S/c1-23-21-14-6-4-13(5-7-14)15-11-19-22-9-8-16(20-17(15)22)18-10-12-2-3-12/h4-9,11-12,21H,2-3,10H2,1H3,(H,18,20). The predicted octanol–water partition coefficient (Wildman–Crippen LogP) is 3.91. The van der Waals surface area contributed by atoms with E-state index in [4.69, 9.17) is 4.98 Å². The van der Waals surface area contributed by atoms with Crippen molar-refractivity contribution in [2.24, 2.45) is 5.92 Å². The summed E-state index contributed by atoms with van der Waals surface area (Å²) in [6.07, 6.45) is 8.53. The van der Waals surface area contributed by atoms with Crippen LogP contribution in [0.2, 0.25) is 0 Å². The van der Waals surface area contributed by atoms with Gasteiger partial charge in [-0.15, -0.1) is 0 Å². The van der Waals surface area contributed by atoms with Gasteiger partial charge in [-0.05, 0) is 42.5 Å². The number of benzene rings is 1. The summed E-state index contributed by atoms with van der Waals surface area (Å²) in [5.41, 5.74) is 4.16. The smallest absolute Gasteiger partial charge is 0.165 e. The zero-order valence-electron chi connectivity index (χ0n) is 13.0. The second kappa shape index (κ2) is 6.12. The Bertz CT molecular complexity index is 807. The van der Waals surface area contributed by atoms with Crippen molar-refractivity contribution in [2.75, 3.05) is 22.8 Å². The summed E-state index contributed by atoms with van der Waals surface area (Å²) in [5.74, 6) is 1.75. The fraction of sp³-hybridized carbons (Fsp3) is 0.294. The van der Waals surface area contributed by atoms with Crippen molar-refractivity contribution in [3.8, 4) is 11.1 Å². The highest BCUT2D eigenvalue weighted by Gasteiger charge is 2.20. The average molecular weight is 325 g/mol. The van der Waals surface area contributed by atoms with E-state index in [1.807, 2.05) is 29.2 Å². The fourth-order valence-corrected chi connectivity index (χ4v) is 2.95. The lowest BCUT2D eigenvalue weighted by Crippen LogP contribution is -2.05. The molecule has 0 unspecified atom stereocenters. The van der Waals surface area contributed by atoms with E-state index in [9.17, 15) is 0 Å². The lowest BCUT2D eigenvalue weighted by molar-refractivity contribution is 0.877. The normalized spacial score (nSPS) is 14.1. The Morgan fingerprint density at radius 2 is 2.04 bits per heavy atom. The number of rotatable bonds is 6. The number of hydrogen-bond acceptors (Lipinski definition) is 5. The van der Waals surface area contributed by atoms with Crippen LogP contribution in [0.1, 0.15) is 12.8 Å². The van der Waals surface area contributed by atoms with E-state index in [-0.39, 0.29) is 0 Å². The summed E-state index contributed by atoms with van der Waals surface area (Å²) in [6, 6.07) is 10.3. The Morgan fingerprint density at radius 1 is 1.22 bits per heavy atom. The van der Waals surface area contributed by atoms with Gasteiger partial charge in [0.25, 0.3) is 0 Å². The van der Waals surface area contributed by atoms with Crippen LogP contribution in [0.5, 0.6) is 0 Å². The molecule has 6 heteroatoms. The van der Waals surface area contributed by atoms with Gasteiger partial charge in [0.05, 0.1) is 6.20 Å².